The molecule has 0 aliphatic carbocycles. The molecule has 132 valence electrons. The first-order chi connectivity index (χ1) is 10.9. The average molecular weight is 320 g/mol. The highest BCUT2D eigenvalue weighted by atomic mass is 16.6. The molecule has 1 saturated heterocycles. The Bertz CT molecular complexity index is 213. The highest BCUT2D eigenvalue weighted by molar-refractivity contribution is 4.39. The van der Waals surface area contributed by atoms with Gasteiger partial charge in [0.25, 0.3) is 0 Å². The van der Waals surface area contributed by atoms with Crippen molar-refractivity contribution in [3.8, 4) is 0 Å². The quantitative estimate of drug-likeness (QED) is 0.778. The van der Waals surface area contributed by atoms with Crippen LogP contribution in [0.25, 0.3) is 0 Å². The van der Waals surface area contributed by atoms with Crippen molar-refractivity contribution in [1.82, 2.24) is 0 Å². The summed E-state index contributed by atoms with van der Waals surface area (Å²) in [6, 6.07) is 0. The van der Waals surface area contributed by atoms with Gasteiger partial charge in [0.1, 0.15) is 13.1 Å². The van der Waals surface area contributed by atoms with Gasteiger partial charge in [-0.3, -0.25) is 0 Å². The Morgan fingerprint density at radius 2 is 0.955 bits per heavy atom. The lowest BCUT2D eigenvalue weighted by Gasteiger charge is -2.19. The Morgan fingerprint density at radius 1 is 0.591 bits per heavy atom. The van der Waals surface area contributed by atoms with E-state index in [1.54, 1.807) is 4.90 Å². The molecule has 0 saturated carbocycles. The topological polar surface area (TPSA) is 50.6 Å². The van der Waals surface area contributed by atoms with Crippen molar-refractivity contribution in [1.29, 1.82) is 0 Å². The van der Waals surface area contributed by atoms with E-state index in [1.165, 1.54) is 19.4 Å². The Kier molecular flexibility index (Phi) is 14.1. The molecular formula is C16H34NO5+. The van der Waals surface area contributed by atoms with E-state index in [4.69, 9.17) is 23.7 Å². The van der Waals surface area contributed by atoms with E-state index in [0.29, 0.717) is 52.9 Å². The summed E-state index contributed by atoms with van der Waals surface area (Å²) in [5, 5.41) is 0. The summed E-state index contributed by atoms with van der Waals surface area (Å²) >= 11 is 0. The van der Waals surface area contributed by atoms with Gasteiger partial charge >= 0.3 is 0 Å². The fraction of sp³-hybridized carbons (Fsp3) is 1.00. The van der Waals surface area contributed by atoms with Crippen LogP contribution in [0.4, 0.5) is 0 Å². The highest BCUT2D eigenvalue weighted by Gasteiger charge is 2.08. The Labute approximate surface area is 135 Å². The van der Waals surface area contributed by atoms with Gasteiger partial charge in [-0.15, -0.1) is 0 Å². The van der Waals surface area contributed by atoms with Gasteiger partial charge in [0.05, 0.1) is 72.6 Å². The molecule has 0 atom stereocenters. The zero-order valence-electron chi connectivity index (χ0n) is 14.1. The summed E-state index contributed by atoms with van der Waals surface area (Å²) in [6.45, 7) is 12.0. The summed E-state index contributed by atoms with van der Waals surface area (Å²) in [4.78, 5) is 1.55. The number of quaternary nitrogens is 1. The van der Waals surface area contributed by atoms with E-state index in [0.717, 1.165) is 26.3 Å². The Balaban J connectivity index is 2.20. The number of hydrogen-bond acceptors (Lipinski definition) is 5. The van der Waals surface area contributed by atoms with Gasteiger partial charge in [-0.1, -0.05) is 13.3 Å². The summed E-state index contributed by atoms with van der Waals surface area (Å²) < 4.78 is 27.6. The molecule has 0 aromatic rings. The van der Waals surface area contributed by atoms with Crippen LogP contribution >= 0.6 is 0 Å². The molecule has 0 unspecified atom stereocenters. The van der Waals surface area contributed by atoms with Gasteiger partial charge in [-0.05, 0) is 6.42 Å². The lowest BCUT2D eigenvalue weighted by atomic mass is 10.3. The number of unbranched alkanes of at least 4 members (excludes halogenated alkanes) is 1. The van der Waals surface area contributed by atoms with Crippen molar-refractivity contribution in [3.63, 3.8) is 0 Å². The van der Waals surface area contributed by atoms with Gasteiger partial charge in [0, 0.05) is 0 Å². The molecule has 6 heteroatoms. The van der Waals surface area contributed by atoms with E-state index in [2.05, 4.69) is 6.92 Å². The van der Waals surface area contributed by atoms with Crippen molar-refractivity contribution in [3.05, 3.63) is 0 Å². The monoisotopic (exact) mass is 320 g/mol. The maximum atomic E-state index is 5.64. The van der Waals surface area contributed by atoms with Gasteiger partial charge in [-0.2, -0.15) is 0 Å². The molecule has 1 N–H and O–H groups in total. The molecule has 0 aromatic heterocycles. The number of hydrogen-bond donors (Lipinski definition) is 1. The Hall–Kier alpha value is -0.240. The normalized spacial score (nSPS) is 22.8. The third kappa shape index (κ3) is 12.3. The van der Waals surface area contributed by atoms with Crippen LogP contribution < -0.4 is 4.90 Å². The lowest BCUT2D eigenvalue weighted by Crippen LogP contribution is -3.13. The zero-order chi connectivity index (χ0) is 15.7. The van der Waals surface area contributed by atoms with E-state index in [9.17, 15) is 0 Å². The average Bonchev–Trinajstić information content (AvgIpc) is 2.53. The molecule has 1 fully saturated rings. The van der Waals surface area contributed by atoms with Gasteiger partial charge in [-0.25, -0.2) is 0 Å². The number of nitrogens with one attached hydrogen (secondary N) is 1. The van der Waals surface area contributed by atoms with Crippen molar-refractivity contribution >= 4 is 0 Å². The predicted molar refractivity (Wildman–Crippen MR) is 84.6 cm³/mol. The molecule has 1 aliphatic rings. The molecule has 6 nitrogen and oxygen atoms in total. The second kappa shape index (κ2) is 15.6. The molecule has 0 aromatic carbocycles. The largest absolute Gasteiger partial charge is 0.377 e. The second-order valence-corrected chi connectivity index (χ2v) is 5.42. The number of ether oxygens (including phenoxy) is 5. The minimum Gasteiger partial charge on any atom is -0.377 e. The molecule has 0 amide bonds. The fourth-order valence-electron chi connectivity index (χ4n) is 2.22. The van der Waals surface area contributed by atoms with Crippen LogP contribution in [0.3, 0.4) is 0 Å². The number of rotatable bonds is 3. The van der Waals surface area contributed by atoms with Crippen LogP contribution in [-0.2, 0) is 23.7 Å². The summed E-state index contributed by atoms with van der Waals surface area (Å²) in [7, 11) is 0. The van der Waals surface area contributed by atoms with Crippen molar-refractivity contribution < 1.29 is 28.6 Å². The molecule has 22 heavy (non-hydrogen) atoms. The minimum atomic E-state index is 0.606. The first-order valence-corrected chi connectivity index (χ1v) is 8.65. The molecule has 1 rings (SSSR count). The van der Waals surface area contributed by atoms with Crippen LogP contribution in [0.1, 0.15) is 19.8 Å². The second-order valence-electron chi connectivity index (χ2n) is 5.42. The third-order valence-electron chi connectivity index (χ3n) is 3.57. The summed E-state index contributed by atoms with van der Waals surface area (Å²) in [5.74, 6) is 0. The van der Waals surface area contributed by atoms with Crippen molar-refractivity contribution in [2.24, 2.45) is 0 Å². The first-order valence-electron chi connectivity index (χ1n) is 8.65. The van der Waals surface area contributed by atoms with Crippen LogP contribution in [0.15, 0.2) is 0 Å². The fourth-order valence-corrected chi connectivity index (χ4v) is 2.22. The zero-order valence-corrected chi connectivity index (χ0v) is 14.1. The SMILES string of the molecule is CCCC[NH+]1CCOCCOCCOCCOCCOCC1. The van der Waals surface area contributed by atoms with Crippen LogP contribution in [0.5, 0.6) is 0 Å². The van der Waals surface area contributed by atoms with Crippen LogP contribution in [0.2, 0.25) is 0 Å². The first kappa shape index (κ1) is 19.8. The predicted octanol–water partition coefficient (Wildman–Crippen LogP) is -0.232. The van der Waals surface area contributed by atoms with Crippen molar-refractivity contribution in [2.75, 3.05) is 85.7 Å². The third-order valence-corrected chi connectivity index (χ3v) is 3.57. The lowest BCUT2D eigenvalue weighted by molar-refractivity contribution is -0.901. The van der Waals surface area contributed by atoms with E-state index >= 15 is 0 Å². The molecule has 1 heterocycles. The summed E-state index contributed by atoms with van der Waals surface area (Å²) in [5.41, 5.74) is 0. The standard InChI is InChI=1S/C16H33NO5/c1-2-3-4-17-5-7-18-9-11-20-13-15-22-16-14-21-12-10-19-8-6-17/h2-16H2,1H3/p+1. The van der Waals surface area contributed by atoms with Crippen molar-refractivity contribution in [2.45, 2.75) is 19.8 Å². The molecule has 1 aliphatic heterocycles. The van der Waals surface area contributed by atoms with Gasteiger partial charge < -0.3 is 28.6 Å². The van der Waals surface area contributed by atoms with Crippen LogP contribution in [-0.4, -0.2) is 85.7 Å². The maximum absolute atomic E-state index is 5.64. The summed E-state index contributed by atoms with van der Waals surface area (Å²) in [6.07, 6.45) is 2.48. The Morgan fingerprint density at radius 3 is 1.32 bits per heavy atom. The van der Waals surface area contributed by atoms with Gasteiger partial charge in [0.2, 0.25) is 0 Å². The van der Waals surface area contributed by atoms with Gasteiger partial charge in [0.15, 0.2) is 0 Å². The highest BCUT2D eigenvalue weighted by Crippen LogP contribution is 1.85. The van der Waals surface area contributed by atoms with E-state index in [-0.39, 0.29) is 0 Å². The molecular weight excluding hydrogens is 286 g/mol. The molecule has 0 spiro atoms. The maximum Gasteiger partial charge on any atom is 0.101 e. The molecule has 0 bridgehead atoms. The molecule has 0 radical (unpaired) electrons. The van der Waals surface area contributed by atoms with E-state index in [1.807, 2.05) is 0 Å². The van der Waals surface area contributed by atoms with E-state index < -0.39 is 0 Å². The smallest absolute Gasteiger partial charge is 0.101 e. The minimum absolute atomic E-state index is 0.606. The van der Waals surface area contributed by atoms with Crippen LogP contribution in [0, 0.1) is 0 Å².